The zero-order valence-electron chi connectivity index (χ0n) is 15.5. The van der Waals surface area contributed by atoms with E-state index in [0.29, 0.717) is 41.0 Å². The second-order valence-corrected chi connectivity index (χ2v) is 7.30. The summed E-state index contributed by atoms with van der Waals surface area (Å²) < 4.78 is 11.1. The Labute approximate surface area is 171 Å². The smallest absolute Gasteiger partial charge is 0.325 e. The van der Waals surface area contributed by atoms with E-state index in [9.17, 15) is 14.4 Å². The van der Waals surface area contributed by atoms with Crippen molar-refractivity contribution < 1.29 is 23.9 Å². The molecule has 1 fully saturated rings. The molecule has 2 aliphatic heterocycles. The molecule has 0 saturated carbocycles. The van der Waals surface area contributed by atoms with Crippen molar-refractivity contribution >= 4 is 35.1 Å². The van der Waals surface area contributed by atoms with E-state index in [-0.39, 0.29) is 0 Å². The highest BCUT2D eigenvalue weighted by atomic mass is 35.5. The predicted octanol–water partition coefficient (Wildman–Crippen LogP) is 2.52. The van der Waals surface area contributed by atoms with Crippen molar-refractivity contribution in [1.82, 2.24) is 10.2 Å². The summed E-state index contributed by atoms with van der Waals surface area (Å²) in [5, 5.41) is 5.85. The van der Waals surface area contributed by atoms with Crippen LogP contribution in [0.3, 0.4) is 0 Å². The normalized spacial score (nSPS) is 20.4. The van der Waals surface area contributed by atoms with Gasteiger partial charge in [0.25, 0.3) is 5.91 Å². The summed E-state index contributed by atoms with van der Waals surface area (Å²) in [6.07, 6.45) is 0. The van der Waals surface area contributed by atoms with Crippen molar-refractivity contribution in [2.24, 2.45) is 0 Å². The molecule has 2 N–H and O–H groups in total. The van der Waals surface area contributed by atoms with Gasteiger partial charge in [-0.2, -0.15) is 0 Å². The topological polar surface area (TPSA) is 97.0 Å². The lowest BCUT2D eigenvalue weighted by molar-refractivity contribution is -0.133. The molecular weight excluding hydrogens is 398 g/mol. The second-order valence-electron chi connectivity index (χ2n) is 6.86. The van der Waals surface area contributed by atoms with Gasteiger partial charge in [0.05, 0.1) is 0 Å². The number of ether oxygens (including phenoxy) is 2. The van der Waals surface area contributed by atoms with E-state index in [0.717, 1.165) is 4.90 Å². The number of anilines is 1. The number of carbonyl (C=O) groups is 3. The first kappa shape index (κ1) is 19.1. The maximum absolute atomic E-state index is 13.0. The maximum atomic E-state index is 13.0. The minimum Gasteiger partial charge on any atom is -0.486 e. The van der Waals surface area contributed by atoms with E-state index in [1.807, 2.05) is 0 Å². The van der Waals surface area contributed by atoms with Crippen LogP contribution in [0.2, 0.25) is 5.02 Å². The Hall–Kier alpha value is -3.26. The number of urea groups is 1. The number of halogens is 1. The molecule has 9 heteroatoms. The molecule has 150 valence electrons. The van der Waals surface area contributed by atoms with Crippen molar-refractivity contribution in [3.05, 3.63) is 53.1 Å². The average Bonchev–Trinajstić information content (AvgIpc) is 2.93. The SMILES string of the molecule is C[C@@]1(c2ccc3c(c2)OCCO3)NC(=O)N(CC(=O)Nc2ccc(Cl)cc2)C1=O. The molecule has 0 spiro atoms. The van der Waals surface area contributed by atoms with Gasteiger partial charge in [-0.25, -0.2) is 4.79 Å². The summed E-state index contributed by atoms with van der Waals surface area (Å²) >= 11 is 5.82. The standard InChI is InChI=1S/C20H18ClN3O5/c1-20(12-2-7-15-16(10-12)29-9-8-28-15)18(26)24(19(27)23-20)11-17(25)22-14-5-3-13(21)4-6-14/h2-7,10H,8-9,11H2,1H3,(H,22,25)(H,23,27)/t20-/m0/s1. The summed E-state index contributed by atoms with van der Waals surface area (Å²) in [4.78, 5) is 38.7. The van der Waals surface area contributed by atoms with Gasteiger partial charge in [0.1, 0.15) is 25.3 Å². The number of rotatable bonds is 4. The van der Waals surface area contributed by atoms with Crippen molar-refractivity contribution in [2.75, 3.05) is 25.1 Å². The quantitative estimate of drug-likeness (QED) is 0.748. The van der Waals surface area contributed by atoms with E-state index >= 15 is 0 Å². The first-order valence-electron chi connectivity index (χ1n) is 8.96. The Morgan fingerprint density at radius 1 is 1.14 bits per heavy atom. The first-order valence-corrected chi connectivity index (χ1v) is 9.34. The molecule has 8 nitrogen and oxygen atoms in total. The molecule has 0 unspecified atom stereocenters. The number of benzene rings is 2. The van der Waals surface area contributed by atoms with Crippen LogP contribution in [0.1, 0.15) is 12.5 Å². The van der Waals surface area contributed by atoms with Crippen molar-refractivity contribution in [1.29, 1.82) is 0 Å². The van der Waals surface area contributed by atoms with Gasteiger partial charge in [-0.05, 0) is 48.9 Å². The number of amides is 4. The minimum atomic E-state index is -1.31. The number of hydrogen-bond donors (Lipinski definition) is 2. The summed E-state index contributed by atoms with van der Waals surface area (Å²) in [6, 6.07) is 10.9. The Balaban J connectivity index is 1.50. The third-order valence-corrected chi connectivity index (χ3v) is 5.08. The average molecular weight is 416 g/mol. The minimum absolute atomic E-state index is 0.407. The number of hydrogen-bond acceptors (Lipinski definition) is 5. The van der Waals surface area contributed by atoms with E-state index in [2.05, 4.69) is 10.6 Å². The van der Waals surface area contributed by atoms with Crippen molar-refractivity contribution in [3.8, 4) is 11.5 Å². The van der Waals surface area contributed by atoms with Gasteiger partial charge >= 0.3 is 6.03 Å². The Kier molecular flexibility index (Phi) is 4.79. The number of imide groups is 1. The van der Waals surface area contributed by atoms with Gasteiger partial charge in [0.2, 0.25) is 5.91 Å². The lowest BCUT2D eigenvalue weighted by Gasteiger charge is -2.25. The molecule has 0 radical (unpaired) electrons. The highest BCUT2D eigenvalue weighted by Crippen LogP contribution is 2.36. The van der Waals surface area contributed by atoms with Gasteiger partial charge in [-0.1, -0.05) is 17.7 Å². The molecule has 2 aliphatic rings. The molecule has 2 aromatic carbocycles. The number of nitrogens with one attached hydrogen (secondary N) is 2. The van der Waals surface area contributed by atoms with E-state index in [4.69, 9.17) is 21.1 Å². The van der Waals surface area contributed by atoms with Crippen molar-refractivity contribution in [3.63, 3.8) is 0 Å². The molecule has 4 rings (SSSR count). The number of carbonyl (C=O) groups excluding carboxylic acids is 3. The van der Waals surface area contributed by atoms with Crippen LogP contribution in [0.25, 0.3) is 0 Å². The zero-order valence-corrected chi connectivity index (χ0v) is 16.3. The lowest BCUT2D eigenvalue weighted by Crippen LogP contribution is -2.42. The molecule has 2 heterocycles. The summed E-state index contributed by atoms with van der Waals surface area (Å²) in [5.41, 5.74) is -0.255. The van der Waals surface area contributed by atoms with E-state index in [1.165, 1.54) is 0 Å². The molecule has 1 saturated heterocycles. The second kappa shape index (κ2) is 7.29. The largest absolute Gasteiger partial charge is 0.486 e. The fourth-order valence-electron chi connectivity index (χ4n) is 3.27. The van der Waals surface area contributed by atoms with Crippen LogP contribution < -0.4 is 20.1 Å². The molecular formula is C20H18ClN3O5. The van der Waals surface area contributed by atoms with Crippen LogP contribution in [0.4, 0.5) is 10.5 Å². The van der Waals surface area contributed by atoms with Gasteiger partial charge in [-0.3, -0.25) is 14.5 Å². The molecule has 29 heavy (non-hydrogen) atoms. The first-order chi connectivity index (χ1) is 13.9. The molecule has 1 atom stereocenters. The Morgan fingerprint density at radius 3 is 2.55 bits per heavy atom. The van der Waals surface area contributed by atoms with Crippen LogP contribution in [0, 0.1) is 0 Å². The fourth-order valence-corrected chi connectivity index (χ4v) is 3.39. The Morgan fingerprint density at radius 2 is 1.83 bits per heavy atom. The van der Waals surface area contributed by atoms with Crippen LogP contribution in [-0.4, -0.2) is 42.5 Å². The van der Waals surface area contributed by atoms with E-state index < -0.39 is 29.9 Å². The lowest BCUT2D eigenvalue weighted by atomic mass is 9.91. The summed E-state index contributed by atoms with van der Waals surface area (Å²) in [6.45, 7) is 2.05. The maximum Gasteiger partial charge on any atom is 0.325 e. The number of nitrogens with zero attached hydrogens (tertiary/aromatic N) is 1. The monoisotopic (exact) mass is 415 g/mol. The van der Waals surface area contributed by atoms with Gasteiger partial charge in [0, 0.05) is 10.7 Å². The molecule has 4 amide bonds. The van der Waals surface area contributed by atoms with Crippen LogP contribution in [0.5, 0.6) is 11.5 Å². The van der Waals surface area contributed by atoms with Crippen LogP contribution in [0.15, 0.2) is 42.5 Å². The van der Waals surface area contributed by atoms with E-state index in [1.54, 1.807) is 49.4 Å². The van der Waals surface area contributed by atoms with Gasteiger partial charge in [0.15, 0.2) is 11.5 Å². The summed E-state index contributed by atoms with van der Waals surface area (Å²) in [5.74, 6) is 0.0724. The number of fused-ring (bicyclic) bond motifs is 1. The highest BCUT2D eigenvalue weighted by molar-refractivity contribution is 6.30. The zero-order chi connectivity index (χ0) is 20.6. The third kappa shape index (κ3) is 3.58. The molecule has 0 bridgehead atoms. The van der Waals surface area contributed by atoms with Crippen LogP contribution in [-0.2, 0) is 15.1 Å². The van der Waals surface area contributed by atoms with Crippen LogP contribution >= 0.6 is 11.6 Å². The predicted molar refractivity (Wildman–Crippen MR) is 105 cm³/mol. The molecule has 0 aromatic heterocycles. The third-order valence-electron chi connectivity index (χ3n) is 4.82. The Bertz CT molecular complexity index is 994. The van der Waals surface area contributed by atoms with Crippen molar-refractivity contribution in [2.45, 2.75) is 12.5 Å². The molecule has 0 aliphatic carbocycles. The highest BCUT2D eigenvalue weighted by Gasteiger charge is 2.49. The van der Waals surface area contributed by atoms with Gasteiger partial charge < -0.3 is 20.1 Å². The fraction of sp³-hybridized carbons (Fsp3) is 0.250. The summed E-state index contributed by atoms with van der Waals surface area (Å²) in [7, 11) is 0. The van der Waals surface area contributed by atoms with Gasteiger partial charge in [-0.15, -0.1) is 0 Å². The molecule has 2 aromatic rings.